The Morgan fingerprint density at radius 1 is 1.21 bits per heavy atom. The number of nitrogens with one attached hydrogen (secondary N) is 1. The third kappa shape index (κ3) is 3.56. The number of rotatable bonds is 3. The van der Waals surface area contributed by atoms with Gasteiger partial charge in [-0.05, 0) is 29.7 Å². The van der Waals surface area contributed by atoms with Crippen LogP contribution >= 0.6 is 11.8 Å². The maximum Gasteiger partial charge on any atom is 0.323 e. The van der Waals surface area contributed by atoms with E-state index in [1.165, 1.54) is 11.6 Å². The monoisotopic (exact) mass is 344 g/mol. The predicted octanol–water partition coefficient (Wildman–Crippen LogP) is 5.23. The summed E-state index contributed by atoms with van der Waals surface area (Å²) in [5.74, 6) is 0.991. The zero-order valence-electron chi connectivity index (χ0n) is 13.8. The summed E-state index contributed by atoms with van der Waals surface area (Å²) in [4.78, 5) is 14.3. The summed E-state index contributed by atoms with van der Waals surface area (Å²) in [7, 11) is 0. The van der Waals surface area contributed by atoms with Crippen molar-refractivity contribution in [3.63, 3.8) is 0 Å². The smallest absolute Gasteiger partial charge is 0.308 e. The van der Waals surface area contributed by atoms with E-state index in [1.807, 2.05) is 24.3 Å². The van der Waals surface area contributed by atoms with E-state index in [-0.39, 0.29) is 17.2 Å². The Kier molecular flexibility index (Phi) is 5.09. The van der Waals surface area contributed by atoms with Crippen molar-refractivity contribution in [3.8, 4) is 0 Å². The van der Waals surface area contributed by atoms with E-state index in [1.54, 1.807) is 34.9 Å². The maximum atomic E-state index is 14.1. The first kappa shape index (κ1) is 16.8. The Morgan fingerprint density at radius 2 is 1.92 bits per heavy atom. The molecule has 1 saturated heterocycles. The van der Waals surface area contributed by atoms with Crippen LogP contribution in [0.25, 0.3) is 0 Å². The molecule has 0 spiro atoms. The molecule has 126 valence electrons. The van der Waals surface area contributed by atoms with E-state index < -0.39 is 0 Å². The number of carbonyl (C=O) groups excluding carboxylic acids is 1. The van der Waals surface area contributed by atoms with Crippen molar-refractivity contribution >= 4 is 23.5 Å². The van der Waals surface area contributed by atoms with Crippen LogP contribution in [0.5, 0.6) is 0 Å². The van der Waals surface area contributed by atoms with Crippen molar-refractivity contribution in [3.05, 3.63) is 65.5 Å². The van der Waals surface area contributed by atoms with Gasteiger partial charge in [0.15, 0.2) is 0 Å². The Morgan fingerprint density at radius 3 is 2.58 bits per heavy atom. The minimum Gasteiger partial charge on any atom is -0.308 e. The van der Waals surface area contributed by atoms with Gasteiger partial charge in [-0.1, -0.05) is 44.2 Å². The van der Waals surface area contributed by atoms with E-state index in [2.05, 4.69) is 19.2 Å². The molecule has 1 N–H and O–H groups in total. The highest BCUT2D eigenvalue weighted by molar-refractivity contribution is 7.99. The molecule has 0 aromatic heterocycles. The first-order valence-corrected chi connectivity index (χ1v) is 9.15. The molecule has 0 unspecified atom stereocenters. The summed E-state index contributed by atoms with van der Waals surface area (Å²) in [6, 6.07) is 14.3. The van der Waals surface area contributed by atoms with E-state index in [0.29, 0.717) is 18.0 Å². The molecule has 1 atom stereocenters. The van der Waals surface area contributed by atoms with Gasteiger partial charge in [-0.2, -0.15) is 0 Å². The van der Waals surface area contributed by atoms with Gasteiger partial charge in [0, 0.05) is 23.5 Å². The molecule has 1 aliphatic heterocycles. The molecule has 5 heteroatoms. The summed E-state index contributed by atoms with van der Waals surface area (Å²) in [6.07, 6.45) is 0. The van der Waals surface area contributed by atoms with Gasteiger partial charge in [0.1, 0.15) is 11.2 Å². The standard InChI is InChI=1S/C19H21FN2OS/c1-13(2)14-7-9-15(10-8-14)21-19(23)22-11-12-24-18(22)16-5-3-4-6-17(16)20/h3-10,13,18H,11-12H2,1-2H3,(H,21,23)/t18-/m1/s1. The normalized spacial score (nSPS) is 17.3. The first-order chi connectivity index (χ1) is 11.6. The average Bonchev–Trinajstić information content (AvgIpc) is 3.05. The van der Waals surface area contributed by atoms with Crippen molar-refractivity contribution in [2.45, 2.75) is 25.1 Å². The van der Waals surface area contributed by atoms with Crippen molar-refractivity contribution < 1.29 is 9.18 Å². The van der Waals surface area contributed by atoms with E-state index in [0.717, 1.165) is 11.4 Å². The van der Waals surface area contributed by atoms with Gasteiger partial charge in [0.05, 0.1) is 0 Å². The van der Waals surface area contributed by atoms with Crippen LogP contribution in [0, 0.1) is 5.82 Å². The number of hydrogen-bond acceptors (Lipinski definition) is 2. The Balaban J connectivity index is 1.73. The number of halogens is 1. The Bertz CT molecular complexity index is 718. The molecule has 1 heterocycles. The number of hydrogen-bond donors (Lipinski definition) is 1. The number of benzene rings is 2. The van der Waals surface area contributed by atoms with Crippen LogP contribution in [0.15, 0.2) is 48.5 Å². The number of anilines is 1. The minimum atomic E-state index is -0.277. The van der Waals surface area contributed by atoms with Gasteiger partial charge in [-0.25, -0.2) is 9.18 Å². The minimum absolute atomic E-state index is 0.189. The summed E-state index contributed by atoms with van der Waals surface area (Å²) >= 11 is 1.59. The molecular weight excluding hydrogens is 323 g/mol. The van der Waals surface area contributed by atoms with Crippen LogP contribution in [-0.2, 0) is 0 Å². The topological polar surface area (TPSA) is 32.3 Å². The van der Waals surface area contributed by atoms with Crippen LogP contribution in [0.2, 0.25) is 0 Å². The lowest BCUT2D eigenvalue weighted by molar-refractivity contribution is 0.213. The second kappa shape index (κ2) is 7.26. The quantitative estimate of drug-likeness (QED) is 0.827. The van der Waals surface area contributed by atoms with Crippen LogP contribution in [0.1, 0.15) is 36.3 Å². The van der Waals surface area contributed by atoms with Gasteiger partial charge in [0.25, 0.3) is 0 Å². The van der Waals surface area contributed by atoms with Crippen molar-refractivity contribution in [1.82, 2.24) is 4.90 Å². The first-order valence-electron chi connectivity index (χ1n) is 8.10. The average molecular weight is 344 g/mol. The summed E-state index contributed by atoms with van der Waals surface area (Å²) in [5, 5.41) is 2.64. The summed E-state index contributed by atoms with van der Waals surface area (Å²) < 4.78 is 14.1. The number of amides is 2. The predicted molar refractivity (Wildman–Crippen MR) is 97.9 cm³/mol. The van der Waals surface area contributed by atoms with E-state index in [9.17, 15) is 9.18 Å². The van der Waals surface area contributed by atoms with Crippen LogP contribution in [-0.4, -0.2) is 23.2 Å². The molecule has 0 saturated carbocycles. The molecule has 2 amide bonds. The largest absolute Gasteiger partial charge is 0.323 e. The molecule has 24 heavy (non-hydrogen) atoms. The number of carbonyl (C=O) groups is 1. The van der Waals surface area contributed by atoms with Crippen LogP contribution in [0.3, 0.4) is 0 Å². The van der Waals surface area contributed by atoms with Gasteiger partial charge >= 0.3 is 6.03 Å². The SMILES string of the molecule is CC(C)c1ccc(NC(=O)N2CCS[C@@H]2c2ccccc2F)cc1. The summed E-state index contributed by atoms with van der Waals surface area (Å²) in [5.41, 5.74) is 2.55. The third-order valence-corrected chi connectivity index (χ3v) is 5.39. The van der Waals surface area contributed by atoms with Crippen molar-refractivity contribution in [2.75, 3.05) is 17.6 Å². The molecule has 1 aliphatic rings. The van der Waals surface area contributed by atoms with Crippen LogP contribution in [0.4, 0.5) is 14.9 Å². The molecule has 0 radical (unpaired) electrons. The molecule has 1 fully saturated rings. The van der Waals surface area contributed by atoms with Crippen LogP contribution < -0.4 is 5.32 Å². The summed E-state index contributed by atoms with van der Waals surface area (Å²) in [6.45, 7) is 4.88. The zero-order valence-corrected chi connectivity index (χ0v) is 14.6. The molecule has 3 nitrogen and oxygen atoms in total. The van der Waals surface area contributed by atoms with E-state index >= 15 is 0 Å². The van der Waals surface area contributed by atoms with Crippen molar-refractivity contribution in [1.29, 1.82) is 0 Å². The van der Waals surface area contributed by atoms with Gasteiger partial charge in [-0.3, -0.25) is 0 Å². The molecule has 0 aliphatic carbocycles. The third-order valence-electron chi connectivity index (χ3n) is 4.15. The highest BCUT2D eigenvalue weighted by atomic mass is 32.2. The lowest BCUT2D eigenvalue weighted by atomic mass is 10.0. The maximum absolute atomic E-state index is 14.1. The highest BCUT2D eigenvalue weighted by Gasteiger charge is 2.32. The Labute approximate surface area is 146 Å². The fraction of sp³-hybridized carbons (Fsp3) is 0.316. The lowest BCUT2D eigenvalue weighted by Gasteiger charge is -2.24. The Hall–Kier alpha value is -2.01. The molecule has 2 aromatic carbocycles. The van der Waals surface area contributed by atoms with Gasteiger partial charge in [0.2, 0.25) is 0 Å². The second-order valence-electron chi connectivity index (χ2n) is 6.14. The molecule has 0 bridgehead atoms. The number of nitrogens with zero attached hydrogens (tertiary/aromatic N) is 1. The van der Waals surface area contributed by atoms with Gasteiger partial charge in [-0.15, -0.1) is 11.8 Å². The second-order valence-corrected chi connectivity index (χ2v) is 7.33. The van der Waals surface area contributed by atoms with Crippen molar-refractivity contribution in [2.24, 2.45) is 0 Å². The number of urea groups is 1. The fourth-order valence-electron chi connectivity index (χ4n) is 2.76. The lowest BCUT2D eigenvalue weighted by Crippen LogP contribution is -2.34. The molecule has 3 rings (SSSR count). The fourth-order valence-corrected chi connectivity index (χ4v) is 4.03. The van der Waals surface area contributed by atoms with Gasteiger partial charge < -0.3 is 10.2 Å². The highest BCUT2D eigenvalue weighted by Crippen LogP contribution is 2.39. The number of thioether (sulfide) groups is 1. The zero-order chi connectivity index (χ0) is 17.1. The molecule has 2 aromatic rings. The van der Waals surface area contributed by atoms with E-state index in [4.69, 9.17) is 0 Å². The molecular formula is C19H21FN2OS.